The van der Waals surface area contributed by atoms with E-state index in [1.807, 2.05) is 25.8 Å². The summed E-state index contributed by atoms with van der Waals surface area (Å²) < 4.78 is 0. The van der Waals surface area contributed by atoms with Gasteiger partial charge in [-0.3, -0.25) is 4.79 Å². The fraction of sp³-hybridized carbons (Fsp3) is 0.909. The monoisotopic (exact) mass is 215 g/mol. The van der Waals surface area contributed by atoms with Crippen molar-refractivity contribution in [3.63, 3.8) is 0 Å². The van der Waals surface area contributed by atoms with Gasteiger partial charge in [0.1, 0.15) is 0 Å². The predicted octanol–water partition coefficient (Wildman–Crippen LogP) is 0.526. The van der Waals surface area contributed by atoms with Crippen molar-refractivity contribution in [3.8, 4) is 0 Å². The molecule has 0 aromatic rings. The third kappa shape index (κ3) is 6.47. The summed E-state index contributed by atoms with van der Waals surface area (Å²) in [6.07, 6.45) is 1.57. The highest BCUT2D eigenvalue weighted by Crippen LogP contribution is 1.98. The molecular formula is C11H25N3O. The smallest absolute Gasteiger partial charge is 0.222 e. The molecule has 90 valence electrons. The van der Waals surface area contributed by atoms with Crippen LogP contribution in [0.2, 0.25) is 0 Å². The molecule has 0 unspecified atom stereocenters. The summed E-state index contributed by atoms with van der Waals surface area (Å²) in [7, 11) is 2.04. The van der Waals surface area contributed by atoms with E-state index in [4.69, 9.17) is 5.73 Å². The number of hydrogen-bond donors (Lipinski definition) is 1. The van der Waals surface area contributed by atoms with E-state index in [9.17, 15) is 4.79 Å². The minimum absolute atomic E-state index is 0.265. The first-order valence-corrected chi connectivity index (χ1v) is 5.82. The van der Waals surface area contributed by atoms with E-state index in [1.54, 1.807) is 0 Å². The zero-order chi connectivity index (χ0) is 11.7. The highest BCUT2D eigenvalue weighted by molar-refractivity contribution is 5.76. The Hall–Kier alpha value is -0.610. The number of carbonyl (C=O) groups excluding carboxylic acids is 1. The molecule has 0 saturated carbocycles. The fourth-order valence-corrected chi connectivity index (χ4v) is 1.57. The predicted molar refractivity (Wildman–Crippen MR) is 63.7 cm³/mol. The zero-order valence-electron chi connectivity index (χ0n) is 10.3. The third-order valence-electron chi connectivity index (χ3n) is 2.56. The fourth-order valence-electron chi connectivity index (χ4n) is 1.57. The van der Waals surface area contributed by atoms with Gasteiger partial charge in [-0.25, -0.2) is 0 Å². The Balaban J connectivity index is 3.62. The standard InChI is InChI=1S/C11H25N3O/c1-4-14(5-2)11(15)7-6-9-13(3)10-8-12/h4-10,12H2,1-3H3. The minimum Gasteiger partial charge on any atom is -0.343 e. The molecule has 0 radical (unpaired) electrons. The van der Waals surface area contributed by atoms with Gasteiger partial charge in [0, 0.05) is 32.6 Å². The summed E-state index contributed by atoms with van der Waals surface area (Å²) in [5, 5.41) is 0. The van der Waals surface area contributed by atoms with Gasteiger partial charge in [-0.1, -0.05) is 0 Å². The molecule has 0 atom stereocenters. The van der Waals surface area contributed by atoms with Crippen molar-refractivity contribution in [1.82, 2.24) is 9.80 Å². The largest absolute Gasteiger partial charge is 0.343 e. The molecular weight excluding hydrogens is 190 g/mol. The molecule has 2 N–H and O–H groups in total. The van der Waals surface area contributed by atoms with Crippen molar-refractivity contribution in [2.24, 2.45) is 5.73 Å². The molecule has 0 aromatic carbocycles. The maximum Gasteiger partial charge on any atom is 0.222 e. The van der Waals surface area contributed by atoms with E-state index in [0.717, 1.165) is 32.6 Å². The molecule has 0 heterocycles. The molecule has 0 spiro atoms. The zero-order valence-corrected chi connectivity index (χ0v) is 10.3. The molecule has 0 saturated heterocycles. The van der Waals surface area contributed by atoms with Crippen molar-refractivity contribution in [1.29, 1.82) is 0 Å². The van der Waals surface area contributed by atoms with Crippen LogP contribution in [0.3, 0.4) is 0 Å². The van der Waals surface area contributed by atoms with E-state index < -0.39 is 0 Å². The minimum atomic E-state index is 0.265. The van der Waals surface area contributed by atoms with Crippen LogP contribution in [-0.2, 0) is 4.79 Å². The number of likely N-dealkylation sites (N-methyl/N-ethyl adjacent to an activating group) is 1. The van der Waals surface area contributed by atoms with Crippen LogP contribution < -0.4 is 5.73 Å². The van der Waals surface area contributed by atoms with Crippen LogP contribution in [0, 0.1) is 0 Å². The summed E-state index contributed by atoms with van der Waals surface area (Å²) >= 11 is 0. The molecule has 0 rings (SSSR count). The lowest BCUT2D eigenvalue weighted by molar-refractivity contribution is -0.130. The molecule has 4 heteroatoms. The normalized spacial score (nSPS) is 10.7. The summed E-state index contributed by atoms with van der Waals surface area (Å²) in [4.78, 5) is 15.7. The van der Waals surface area contributed by atoms with Crippen LogP contribution in [-0.4, -0.2) is 55.5 Å². The van der Waals surface area contributed by atoms with Crippen molar-refractivity contribution in [3.05, 3.63) is 0 Å². The number of rotatable bonds is 8. The molecule has 1 amide bonds. The Kier molecular flexibility index (Phi) is 8.33. The van der Waals surface area contributed by atoms with Crippen LogP contribution >= 0.6 is 0 Å². The van der Waals surface area contributed by atoms with Crippen LogP contribution in [0.5, 0.6) is 0 Å². The molecule has 0 bridgehead atoms. The average molecular weight is 215 g/mol. The van der Waals surface area contributed by atoms with Gasteiger partial charge in [-0.05, 0) is 33.9 Å². The van der Waals surface area contributed by atoms with Gasteiger partial charge < -0.3 is 15.5 Å². The summed E-state index contributed by atoms with van der Waals surface area (Å²) in [5.74, 6) is 0.265. The lowest BCUT2D eigenvalue weighted by Crippen LogP contribution is -2.31. The molecule has 0 aliphatic carbocycles. The summed E-state index contributed by atoms with van der Waals surface area (Å²) in [5.41, 5.74) is 5.44. The molecule has 15 heavy (non-hydrogen) atoms. The molecule has 0 aliphatic heterocycles. The second kappa shape index (κ2) is 8.68. The Morgan fingerprint density at radius 1 is 1.20 bits per heavy atom. The van der Waals surface area contributed by atoms with E-state index in [-0.39, 0.29) is 5.91 Å². The topological polar surface area (TPSA) is 49.6 Å². The van der Waals surface area contributed by atoms with Crippen LogP contribution in [0.25, 0.3) is 0 Å². The molecule has 0 fully saturated rings. The van der Waals surface area contributed by atoms with Crippen molar-refractivity contribution in [2.45, 2.75) is 26.7 Å². The second-order valence-electron chi connectivity index (χ2n) is 3.76. The lowest BCUT2D eigenvalue weighted by Gasteiger charge is -2.20. The van der Waals surface area contributed by atoms with Gasteiger partial charge in [-0.15, -0.1) is 0 Å². The molecule has 4 nitrogen and oxygen atoms in total. The van der Waals surface area contributed by atoms with Gasteiger partial charge in [0.25, 0.3) is 0 Å². The van der Waals surface area contributed by atoms with Gasteiger partial charge >= 0.3 is 0 Å². The number of nitrogens with two attached hydrogens (primary N) is 1. The van der Waals surface area contributed by atoms with Crippen molar-refractivity contribution in [2.75, 3.05) is 39.8 Å². The third-order valence-corrected chi connectivity index (χ3v) is 2.56. The van der Waals surface area contributed by atoms with Gasteiger partial charge in [-0.2, -0.15) is 0 Å². The number of amides is 1. The first-order chi connectivity index (χ1) is 7.15. The number of hydrogen-bond acceptors (Lipinski definition) is 3. The van der Waals surface area contributed by atoms with Crippen LogP contribution in [0.4, 0.5) is 0 Å². The number of nitrogens with zero attached hydrogens (tertiary/aromatic N) is 2. The maximum absolute atomic E-state index is 11.6. The lowest BCUT2D eigenvalue weighted by atomic mass is 10.2. The Bertz CT molecular complexity index is 169. The van der Waals surface area contributed by atoms with Gasteiger partial charge in [0.15, 0.2) is 0 Å². The highest BCUT2D eigenvalue weighted by atomic mass is 16.2. The summed E-state index contributed by atoms with van der Waals surface area (Å²) in [6.45, 7) is 8.19. The summed E-state index contributed by atoms with van der Waals surface area (Å²) in [6, 6.07) is 0. The van der Waals surface area contributed by atoms with Crippen LogP contribution in [0.15, 0.2) is 0 Å². The first kappa shape index (κ1) is 14.4. The average Bonchev–Trinajstić information content (AvgIpc) is 2.20. The Morgan fingerprint density at radius 3 is 2.27 bits per heavy atom. The molecule has 0 aromatic heterocycles. The SMILES string of the molecule is CCN(CC)C(=O)CCCN(C)CCN. The van der Waals surface area contributed by atoms with Gasteiger partial charge in [0.2, 0.25) is 5.91 Å². The Morgan fingerprint density at radius 2 is 1.80 bits per heavy atom. The van der Waals surface area contributed by atoms with E-state index in [2.05, 4.69) is 4.90 Å². The quantitative estimate of drug-likeness (QED) is 0.642. The van der Waals surface area contributed by atoms with Crippen LogP contribution in [0.1, 0.15) is 26.7 Å². The number of carbonyl (C=O) groups is 1. The second-order valence-corrected chi connectivity index (χ2v) is 3.76. The molecule has 0 aliphatic rings. The van der Waals surface area contributed by atoms with Crippen molar-refractivity contribution >= 4 is 5.91 Å². The van der Waals surface area contributed by atoms with E-state index in [1.165, 1.54) is 0 Å². The van der Waals surface area contributed by atoms with E-state index >= 15 is 0 Å². The first-order valence-electron chi connectivity index (χ1n) is 5.82. The maximum atomic E-state index is 11.6. The highest BCUT2D eigenvalue weighted by Gasteiger charge is 2.08. The van der Waals surface area contributed by atoms with Crippen molar-refractivity contribution < 1.29 is 4.79 Å². The van der Waals surface area contributed by atoms with Gasteiger partial charge in [0.05, 0.1) is 0 Å². The Labute approximate surface area is 93.4 Å². The van der Waals surface area contributed by atoms with E-state index in [0.29, 0.717) is 13.0 Å².